The summed E-state index contributed by atoms with van der Waals surface area (Å²) in [5.41, 5.74) is 10.7. The van der Waals surface area contributed by atoms with Gasteiger partial charge in [-0.15, -0.1) is 0 Å². The van der Waals surface area contributed by atoms with Gasteiger partial charge in [-0.05, 0) is 113 Å². The largest absolute Gasteiger partial charge is 0.354 e. The van der Waals surface area contributed by atoms with Gasteiger partial charge in [0.05, 0.1) is 23.0 Å². The van der Waals surface area contributed by atoms with Gasteiger partial charge in [-0.3, -0.25) is 4.79 Å². The number of amides is 1. The number of hydrogen-bond donors (Lipinski definition) is 2. The first-order chi connectivity index (χ1) is 20.5. The zero-order valence-corrected chi connectivity index (χ0v) is 27.0. The zero-order valence-electron chi connectivity index (χ0n) is 27.0. The van der Waals surface area contributed by atoms with Crippen LogP contribution in [0.2, 0.25) is 0 Å². The molecule has 3 aromatic heterocycles. The van der Waals surface area contributed by atoms with Crippen LogP contribution >= 0.6 is 0 Å². The summed E-state index contributed by atoms with van der Waals surface area (Å²) in [5, 5.41) is 4.90. The van der Waals surface area contributed by atoms with Crippen LogP contribution in [-0.2, 0) is 23.7 Å². The highest BCUT2D eigenvalue weighted by Gasteiger charge is 2.33. The molecule has 5 aromatic rings. The van der Waals surface area contributed by atoms with Crippen LogP contribution in [0.25, 0.3) is 33.3 Å². The molecule has 0 spiro atoms. The number of carbonyl (C=O) groups is 1. The molecule has 0 aliphatic rings. The Morgan fingerprint density at radius 3 is 2.47 bits per heavy atom. The standard InChI is InChI=1S/C36H46N6O/c1-9-42(10-2)35(43)36(6,7)28-11-12-30-29(19-28)32(33(40-30)27-16-23(3)15-24(4)17-27)25(5)20-37-14-13-26-18-31-34(38-21-26)39-22-41(31)8/h11-12,15-19,21-22,25,37,40H,9-10,13-14,20H2,1-8H3/t25-/m1/s1. The molecular formula is C36H46N6O. The Kier molecular flexibility index (Phi) is 8.74. The summed E-state index contributed by atoms with van der Waals surface area (Å²) in [6.07, 6.45) is 4.63. The van der Waals surface area contributed by atoms with Crippen molar-refractivity contribution in [3.63, 3.8) is 0 Å². The number of pyridine rings is 1. The molecular weight excluding hydrogens is 532 g/mol. The maximum Gasteiger partial charge on any atom is 0.232 e. The molecule has 226 valence electrons. The zero-order chi connectivity index (χ0) is 30.9. The Morgan fingerprint density at radius 2 is 1.77 bits per heavy atom. The van der Waals surface area contributed by atoms with Crippen molar-refractivity contribution in [1.82, 2.24) is 29.7 Å². The SMILES string of the molecule is CCN(CC)C(=O)C(C)(C)c1ccc2[nH]c(-c3cc(C)cc(C)c3)c([C@H](C)CNCCc3cnc4ncn(C)c4c3)c2c1. The van der Waals surface area contributed by atoms with Crippen molar-refractivity contribution in [2.45, 2.75) is 66.2 Å². The molecule has 0 saturated heterocycles. The molecule has 0 saturated carbocycles. The lowest BCUT2D eigenvalue weighted by Crippen LogP contribution is -2.43. The maximum atomic E-state index is 13.5. The summed E-state index contributed by atoms with van der Waals surface area (Å²) in [4.78, 5) is 28.1. The van der Waals surface area contributed by atoms with Gasteiger partial charge in [-0.25, -0.2) is 9.97 Å². The third kappa shape index (κ3) is 6.09. The van der Waals surface area contributed by atoms with Crippen molar-refractivity contribution in [1.29, 1.82) is 0 Å². The van der Waals surface area contributed by atoms with E-state index in [1.165, 1.54) is 33.2 Å². The summed E-state index contributed by atoms with van der Waals surface area (Å²) < 4.78 is 2.01. The molecule has 0 bridgehead atoms. The molecule has 3 heterocycles. The number of carbonyl (C=O) groups excluding carboxylic acids is 1. The van der Waals surface area contributed by atoms with Crippen molar-refractivity contribution >= 4 is 28.0 Å². The van der Waals surface area contributed by atoms with E-state index < -0.39 is 5.41 Å². The first-order valence-electron chi connectivity index (χ1n) is 15.5. The predicted molar refractivity (Wildman–Crippen MR) is 178 cm³/mol. The van der Waals surface area contributed by atoms with Gasteiger partial charge >= 0.3 is 0 Å². The first-order valence-corrected chi connectivity index (χ1v) is 15.5. The lowest BCUT2D eigenvalue weighted by atomic mass is 9.81. The Labute approximate surface area is 255 Å². The number of fused-ring (bicyclic) bond motifs is 2. The quantitative estimate of drug-likeness (QED) is 0.169. The lowest BCUT2D eigenvalue weighted by Gasteiger charge is -2.31. The van der Waals surface area contributed by atoms with Crippen molar-refractivity contribution in [3.8, 4) is 11.3 Å². The maximum absolute atomic E-state index is 13.5. The molecule has 43 heavy (non-hydrogen) atoms. The second-order valence-electron chi connectivity index (χ2n) is 12.5. The van der Waals surface area contributed by atoms with E-state index in [1.54, 1.807) is 0 Å². The van der Waals surface area contributed by atoms with E-state index in [0.29, 0.717) is 13.1 Å². The number of rotatable bonds is 11. The Hall–Kier alpha value is -3.97. The van der Waals surface area contributed by atoms with Gasteiger partial charge in [0.25, 0.3) is 0 Å². The summed E-state index contributed by atoms with van der Waals surface area (Å²) in [7, 11) is 2.00. The van der Waals surface area contributed by atoms with Crippen LogP contribution in [0.3, 0.4) is 0 Å². The molecule has 0 radical (unpaired) electrons. The highest BCUT2D eigenvalue weighted by atomic mass is 16.2. The second-order valence-corrected chi connectivity index (χ2v) is 12.5. The van der Waals surface area contributed by atoms with Crippen LogP contribution in [-0.4, -0.2) is 56.5 Å². The normalized spacial score (nSPS) is 12.7. The number of hydrogen-bond acceptors (Lipinski definition) is 4. The molecule has 5 rings (SSSR count). The molecule has 0 fully saturated rings. The molecule has 7 heteroatoms. The molecule has 2 N–H and O–H groups in total. The number of likely N-dealkylation sites (N-methyl/N-ethyl adjacent to an activating group) is 1. The first kappa shape index (κ1) is 30.5. The van der Waals surface area contributed by atoms with E-state index in [2.05, 4.69) is 97.4 Å². The number of aryl methyl sites for hydroxylation is 3. The van der Waals surface area contributed by atoms with Gasteiger partial charge in [0.15, 0.2) is 5.65 Å². The Morgan fingerprint density at radius 1 is 1.05 bits per heavy atom. The summed E-state index contributed by atoms with van der Waals surface area (Å²) in [6.45, 7) is 17.9. The van der Waals surface area contributed by atoms with E-state index in [1.807, 2.05) is 42.9 Å². The number of imidazole rings is 1. The summed E-state index contributed by atoms with van der Waals surface area (Å²) in [6, 6.07) is 15.4. The van der Waals surface area contributed by atoms with Crippen LogP contribution in [0.4, 0.5) is 0 Å². The second kappa shape index (κ2) is 12.3. The number of nitrogens with one attached hydrogen (secondary N) is 2. The molecule has 1 amide bonds. The Balaban J connectivity index is 1.46. The van der Waals surface area contributed by atoms with Crippen LogP contribution in [0.1, 0.15) is 68.4 Å². The van der Waals surface area contributed by atoms with Gasteiger partial charge in [0.1, 0.15) is 0 Å². The van der Waals surface area contributed by atoms with E-state index in [4.69, 9.17) is 0 Å². The minimum Gasteiger partial charge on any atom is -0.354 e. The van der Waals surface area contributed by atoms with Gasteiger partial charge < -0.3 is 19.8 Å². The third-order valence-electron chi connectivity index (χ3n) is 8.83. The van der Waals surface area contributed by atoms with Crippen LogP contribution in [0, 0.1) is 13.8 Å². The van der Waals surface area contributed by atoms with E-state index in [-0.39, 0.29) is 11.8 Å². The van der Waals surface area contributed by atoms with Gasteiger partial charge in [-0.1, -0.05) is 30.2 Å². The fourth-order valence-corrected chi connectivity index (χ4v) is 6.33. The number of nitrogens with zero attached hydrogens (tertiary/aromatic N) is 4. The summed E-state index contributed by atoms with van der Waals surface area (Å²) >= 11 is 0. The van der Waals surface area contributed by atoms with Gasteiger partial charge in [0.2, 0.25) is 5.91 Å². The molecule has 2 aromatic carbocycles. The summed E-state index contributed by atoms with van der Waals surface area (Å²) in [5.74, 6) is 0.399. The molecule has 1 atom stereocenters. The molecule has 0 unspecified atom stereocenters. The van der Waals surface area contributed by atoms with Gasteiger partial charge in [0, 0.05) is 43.8 Å². The Bertz CT molecular complexity index is 1740. The molecule has 0 aliphatic carbocycles. The average Bonchev–Trinajstić information content (AvgIpc) is 3.55. The minimum atomic E-state index is -0.626. The monoisotopic (exact) mass is 578 g/mol. The van der Waals surface area contributed by atoms with E-state index in [9.17, 15) is 4.79 Å². The predicted octanol–water partition coefficient (Wildman–Crippen LogP) is 6.82. The van der Waals surface area contributed by atoms with Crippen LogP contribution < -0.4 is 5.32 Å². The smallest absolute Gasteiger partial charge is 0.232 e. The number of aromatic amines is 1. The highest BCUT2D eigenvalue weighted by molar-refractivity contribution is 5.94. The minimum absolute atomic E-state index is 0.164. The fourth-order valence-electron chi connectivity index (χ4n) is 6.33. The fraction of sp³-hybridized carbons (Fsp3) is 0.417. The van der Waals surface area contributed by atoms with Crippen molar-refractivity contribution in [3.05, 3.63) is 82.8 Å². The molecule has 7 nitrogen and oxygen atoms in total. The topological polar surface area (TPSA) is 78.8 Å². The number of H-pyrrole nitrogens is 1. The van der Waals surface area contributed by atoms with Crippen molar-refractivity contribution in [2.75, 3.05) is 26.2 Å². The van der Waals surface area contributed by atoms with Crippen LogP contribution in [0.15, 0.2) is 55.0 Å². The van der Waals surface area contributed by atoms with E-state index >= 15 is 0 Å². The lowest BCUT2D eigenvalue weighted by molar-refractivity contribution is -0.135. The van der Waals surface area contributed by atoms with Crippen molar-refractivity contribution in [2.24, 2.45) is 7.05 Å². The average molecular weight is 579 g/mol. The highest BCUT2D eigenvalue weighted by Crippen LogP contribution is 2.38. The van der Waals surface area contributed by atoms with Gasteiger partial charge in [-0.2, -0.15) is 0 Å². The number of benzene rings is 2. The number of aromatic nitrogens is 4. The van der Waals surface area contributed by atoms with Crippen LogP contribution in [0.5, 0.6) is 0 Å². The molecule has 0 aliphatic heterocycles. The van der Waals surface area contributed by atoms with E-state index in [0.717, 1.165) is 47.4 Å². The third-order valence-corrected chi connectivity index (χ3v) is 8.83. The van der Waals surface area contributed by atoms with Crippen molar-refractivity contribution < 1.29 is 4.79 Å².